The van der Waals surface area contributed by atoms with Crippen molar-refractivity contribution >= 4 is 5.91 Å². The summed E-state index contributed by atoms with van der Waals surface area (Å²) in [6, 6.07) is 0. The smallest absolute Gasteiger partial charge is 0.344 e. The molecule has 1 amide bonds. The van der Waals surface area contributed by atoms with Gasteiger partial charge < -0.3 is 5.32 Å². The summed E-state index contributed by atoms with van der Waals surface area (Å²) in [7, 11) is 0. The summed E-state index contributed by atoms with van der Waals surface area (Å²) in [5.41, 5.74) is 1.80. The van der Waals surface area contributed by atoms with Gasteiger partial charge in [0.25, 0.3) is 0 Å². The highest BCUT2D eigenvalue weighted by molar-refractivity contribution is 5.81. The van der Waals surface area contributed by atoms with E-state index in [0.29, 0.717) is 17.0 Å². The summed E-state index contributed by atoms with van der Waals surface area (Å²) in [5.74, 6) is -1.94. The van der Waals surface area contributed by atoms with Gasteiger partial charge in [-0.15, -0.1) is 0 Å². The van der Waals surface area contributed by atoms with Crippen molar-refractivity contribution in [3.63, 3.8) is 0 Å². The fourth-order valence-electron chi connectivity index (χ4n) is 1.10. The predicted molar refractivity (Wildman–Crippen MR) is 46.0 cm³/mol. The molecule has 0 aromatic carbocycles. The molecular weight excluding hydrogens is 211 g/mol. The Hall–Kier alpha value is -1.53. The van der Waals surface area contributed by atoms with Crippen LogP contribution in [0.3, 0.4) is 0 Å². The van der Waals surface area contributed by atoms with Crippen molar-refractivity contribution in [2.24, 2.45) is 0 Å². The number of alkyl halides is 3. The number of carbonyl (C=O) groups excluding carboxylic acids is 1. The number of carbonyl (C=O) groups is 1. The highest BCUT2D eigenvalue weighted by Gasteiger charge is 2.38. The van der Waals surface area contributed by atoms with E-state index in [2.05, 4.69) is 10.2 Å². The first-order chi connectivity index (χ1) is 6.82. The molecule has 7 heteroatoms. The standard InChI is InChI=1S/C8H10F3N3O/c1-4-6(5(2)14-13-4)3-12-7(15)8(9,10)11/h3H2,1-2H3,(H,12,15)(H,13,14). The van der Waals surface area contributed by atoms with Gasteiger partial charge in [0.2, 0.25) is 0 Å². The van der Waals surface area contributed by atoms with E-state index in [1.807, 2.05) is 0 Å². The van der Waals surface area contributed by atoms with Crippen molar-refractivity contribution < 1.29 is 18.0 Å². The lowest BCUT2D eigenvalue weighted by Crippen LogP contribution is -2.36. The molecule has 0 aliphatic heterocycles. The van der Waals surface area contributed by atoms with E-state index in [4.69, 9.17) is 0 Å². The van der Waals surface area contributed by atoms with Gasteiger partial charge in [0.05, 0.1) is 5.69 Å². The summed E-state index contributed by atoms with van der Waals surface area (Å²) in [6.07, 6.45) is -4.84. The molecule has 2 N–H and O–H groups in total. The zero-order valence-corrected chi connectivity index (χ0v) is 8.20. The Labute approximate surface area is 83.9 Å². The van der Waals surface area contributed by atoms with Crippen LogP contribution in [0.2, 0.25) is 0 Å². The molecule has 0 saturated carbocycles. The molecule has 0 saturated heterocycles. The molecule has 1 aromatic rings. The number of nitrogens with zero attached hydrogens (tertiary/aromatic N) is 1. The molecular formula is C8H10F3N3O. The zero-order chi connectivity index (χ0) is 11.6. The predicted octanol–water partition coefficient (Wildman–Crippen LogP) is 1.21. The molecule has 0 aliphatic rings. The molecule has 1 heterocycles. The molecule has 4 nitrogen and oxygen atoms in total. The number of aromatic nitrogens is 2. The molecule has 1 aromatic heterocycles. The summed E-state index contributed by atoms with van der Waals surface area (Å²) >= 11 is 0. The second kappa shape index (κ2) is 3.92. The Bertz CT molecular complexity index is 350. The largest absolute Gasteiger partial charge is 0.471 e. The van der Waals surface area contributed by atoms with Crippen LogP contribution >= 0.6 is 0 Å². The number of hydrogen-bond donors (Lipinski definition) is 2. The normalized spacial score (nSPS) is 11.5. The average Bonchev–Trinajstić information content (AvgIpc) is 2.41. The second-order valence-electron chi connectivity index (χ2n) is 3.09. The van der Waals surface area contributed by atoms with Crippen LogP contribution in [-0.4, -0.2) is 22.3 Å². The number of halogens is 3. The van der Waals surface area contributed by atoms with Gasteiger partial charge in [-0.05, 0) is 13.8 Å². The van der Waals surface area contributed by atoms with Crippen LogP contribution in [0.25, 0.3) is 0 Å². The van der Waals surface area contributed by atoms with Gasteiger partial charge in [0.1, 0.15) is 0 Å². The summed E-state index contributed by atoms with van der Waals surface area (Å²) in [4.78, 5) is 10.5. The highest BCUT2D eigenvalue weighted by atomic mass is 19.4. The van der Waals surface area contributed by atoms with Gasteiger partial charge in [-0.2, -0.15) is 18.3 Å². The number of aryl methyl sites for hydroxylation is 2. The average molecular weight is 221 g/mol. The maximum Gasteiger partial charge on any atom is 0.471 e. The second-order valence-corrected chi connectivity index (χ2v) is 3.09. The first kappa shape index (κ1) is 11.5. The van der Waals surface area contributed by atoms with Crippen LogP contribution in [0.4, 0.5) is 13.2 Å². The van der Waals surface area contributed by atoms with Crippen molar-refractivity contribution in [1.82, 2.24) is 15.5 Å². The summed E-state index contributed by atoms with van der Waals surface area (Å²) in [6.45, 7) is 3.15. The molecule has 0 fully saturated rings. The topological polar surface area (TPSA) is 57.8 Å². The van der Waals surface area contributed by atoms with E-state index >= 15 is 0 Å². The molecule has 0 aliphatic carbocycles. The van der Waals surface area contributed by atoms with Crippen molar-refractivity contribution in [2.75, 3.05) is 0 Å². The third-order valence-corrected chi connectivity index (χ3v) is 1.96. The maximum absolute atomic E-state index is 11.8. The maximum atomic E-state index is 11.8. The van der Waals surface area contributed by atoms with Gasteiger partial charge in [0.15, 0.2) is 0 Å². The third kappa shape index (κ3) is 2.71. The molecule has 0 radical (unpaired) electrons. The van der Waals surface area contributed by atoms with E-state index in [0.717, 1.165) is 0 Å². The van der Waals surface area contributed by atoms with Gasteiger partial charge in [-0.1, -0.05) is 0 Å². The Balaban J connectivity index is 2.62. The fraction of sp³-hybridized carbons (Fsp3) is 0.500. The highest BCUT2D eigenvalue weighted by Crippen LogP contribution is 2.15. The summed E-state index contributed by atoms with van der Waals surface area (Å²) < 4.78 is 35.5. The zero-order valence-electron chi connectivity index (χ0n) is 8.20. The first-order valence-corrected chi connectivity index (χ1v) is 4.18. The minimum Gasteiger partial charge on any atom is -0.344 e. The van der Waals surface area contributed by atoms with E-state index in [9.17, 15) is 18.0 Å². The van der Waals surface area contributed by atoms with Crippen molar-refractivity contribution in [1.29, 1.82) is 0 Å². The van der Waals surface area contributed by atoms with Crippen molar-refractivity contribution in [3.05, 3.63) is 17.0 Å². The number of H-pyrrole nitrogens is 1. The minimum atomic E-state index is -4.84. The Kier molecular flexibility index (Phi) is 3.01. The number of amides is 1. The Morgan fingerprint density at radius 1 is 1.47 bits per heavy atom. The van der Waals surface area contributed by atoms with Gasteiger partial charge in [0, 0.05) is 17.8 Å². The fourth-order valence-corrected chi connectivity index (χ4v) is 1.10. The SMILES string of the molecule is Cc1n[nH]c(C)c1CNC(=O)C(F)(F)F. The van der Waals surface area contributed by atoms with Crippen LogP contribution in [-0.2, 0) is 11.3 Å². The number of nitrogens with one attached hydrogen (secondary N) is 2. The minimum absolute atomic E-state index is 0.174. The van der Waals surface area contributed by atoms with Crippen LogP contribution < -0.4 is 5.32 Å². The molecule has 1 rings (SSSR count). The van der Waals surface area contributed by atoms with Gasteiger partial charge >= 0.3 is 12.1 Å². The lowest BCUT2D eigenvalue weighted by Gasteiger charge is -2.07. The van der Waals surface area contributed by atoms with E-state index in [1.54, 1.807) is 19.2 Å². The van der Waals surface area contributed by atoms with Gasteiger partial charge in [-0.25, -0.2) is 0 Å². The number of rotatable bonds is 2. The first-order valence-electron chi connectivity index (χ1n) is 4.18. The Morgan fingerprint density at radius 2 is 2.07 bits per heavy atom. The molecule has 84 valence electrons. The number of hydrogen-bond acceptors (Lipinski definition) is 2. The molecule has 0 unspecified atom stereocenters. The Morgan fingerprint density at radius 3 is 2.47 bits per heavy atom. The molecule has 0 atom stereocenters. The van der Waals surface area contributed by atoms with Crippen LogP contribution in [0.5, 0.6) is 0 Å². The van der Waals surface area contributed by atoms with Crippen LogP contribution in [0, 0.1) is 13.8 Å². The molecule has 0 spiro atoms. The molecule has 0 bridgehead atoms. The van der Waals surface area contributed by atoms with Crippen LogP contribution in [0.15, 0.2) is 0 Å². The van der Waals surface area contributed by atoms with Crippen LogP contribution in [0.1, 0.15) is 17.0 Å². The molecule has 15 heavy (non-hydrogen) atoms. The van der Waals surface area contributed by atoms with Crippen molar-refractivity contribution in [2.45, 2.75) is 26.6 Å². The van der Waals surface area contributed by atoms with E-state index in [-0.39, 0.29) is 6.54 Å². The van der Waals surface area contributed by atoms with Gasteiger partial charge in [-0.3, -0.25) is 9.89 Å². The summed E-state index contributed by atoms with van der Waals surface area (Å²) in [5, 5.41) is 8.20. The number of aromatic amines is 1. The lowest BCUT2D eigenvalue weighted by atomic mass is 10.2. The third-order valence-electron chi connectivity index (χ3n) is 1.96. The lowest BCUT2D eigenvalue weighted by molar-refractivity contribution is -0.173. The quantitative estimate of drug-likeness (QED) is 0.788. The van der Waals surface area contributed by atoms with Crippen molar-refractivity contribution in [3.8, 4) is 0 Å². The monoisotopic (exact) mass is 221 g/mol. The van der Waals surface area contributed by atoms with E-state index in [1.165, 1.54) is 0 Å². The van der Waals surface area contributed by atoms with E-state index < -0.39 is 12.1 Å².